The van der Waals surface area contributed by atoms with Crippen molar-refractivity contribution in [2.45, 2.75) is 17.4 Å². The van der Waals surface area contributed by atoms with Crippen molar-refractivity contribution in [3.63, 3.8) is 0 Å². The van der Waals surface area contributed by atoms with Gasteiger partial charge in [0, 0.05) is 28.5 Å². The Kier molecular flexibility index (Phi) is 3.79. The summed E-state index contributed by atoms with van der Waals surface area (Å²) in [6.45, 7) is 0. The number of aromatic nitrogens is 1. The van der Waals surface area contributed by atoms with E-state index in [1.165, 1.54) is 24.4 Å². The van der Waals surface area contributed by atoms with Gasteiger partial charge in [-0.2, -0.15) is 0 Å². The van der Waals surface area contributed by atoms with E-state index in [2.05, 4.69) is 10.3 Å². The maximum Gasteiger partial charge on any atom is 0.252 e. The Balaban J connectivity index is 1.85. The number of benzene rings is 1. The van der Waals surface area contributed by atoms with Gasteiger partial charge in [-0.15, -0.1) is 11.8 Å². The minimum atomic E-state index is -0.326. The summed E-state index contributed by atoms with van der Waals surface area (Å²) >= 11 is 1.65. The number of halogens is 1. The fourth-order valence-electron chi connectivity index (χ4n) is 2.34. The first kappa shape index (κ1) is 13.9. The number of fused-ring (bicyclic) bond motifs is 1. The molecule has 1 aliphatic heterocycles. The highest BCUT2D eigenvalue weighted by molar-refractivity contribution is 7.99. The molecule has 0 radical (unpaired) electrons. The molecule has 0 bridgehead atoms. The van der Waals surface area contributed by atoms with Crippen molar-refractivity contribution >= 4 is 17.7 Å². The Morgan fingerprint density at radius 1 is 1.33 bits per heavy atom. The third kappa shape index (κ3) is 3.00. The molecule has 0 fully saturated rings. The van der Waals surface area contributed by atoms with Crippen LogP contribution in [0.25, 0.3) is 0 Å². The molecule has 3 rings (SSSR count). The lowest BCUT2D eigenvalue weighted by Gasteiger charge is -2.26. The lowest BCUT2D eigenvalue weighted by molar-refractivity contribution is 0.0934. The minimum Gasteiger partial charge on any atom is -0.345 e. The Morgan fingerprint density at radius 2 is 2.19 bits per heavy atom. The zero-order valence-electron chi connectivity index (χ0n) is 11.1. The van der Waals surface area contributed by atoms with Crippen LogP contribution in [0.15, 0.2) is 46.2 Å². The molecule has 1 amide bonds. The molecule has 2 heterocycles. The summed E-state index contributed by atoms with van der Waals surface area (Å²) < 4.78 is 13.4. The summed E-state index contributed by atoms with van der Waals surface area (Å²) in [5, 5.41) is 2.87. The number of carbonyl (C=O) groups is 1. The van der Waals surface area contributed by atoms with Crippen molar-refractivity contribution in [3.05, 3.63) is 63.8 Å². The molecule has 1 aliphatic rings. The van der Waals surface area contributed by atoms with Crippen molar-refractivity contribution in [3.8, 4) is 0 Å². The van der Waals surface area contributed by atoms with Gasteiger partial charge in [-0.1, -0.05) is 0 Å². The van der Waals surface area contributed by atoms with E-state index >= 15 is 0 Å². The molecular formula is C15H13FN2O2S. The maximum absolute atomic E-state index is 13.4. The maximum atomic E-state index is 13.4. The van der Waals surface area contributed by atoms with Gasteiger partial charge in [-0.3, -0.25) is 9.59 Å². The molecule has 0 saturated heterocycles. The topological polar surface area (TPSA) is 62.0 Å². The molecule has 108 valence electrons. The highest BCUT2D eigenvalue weighted by Crippen LogP contribution is 2.36. The second kappa shape index (κ2) is 5.73. The third-order valence-corrected chi connectivity index (χ3v) is 4.48. The molecule has 1 unspecified atom stereocenters. The molecule has 1 atom stereocenters. The number of nitrogens with one attached hydrogen (secondary N) is 2. The number of rotatable bonds is 2. The molecular weight excluding hydrogens is 291 g/mol. The zero-order valence-corrected chi connectivity index (χ0v) is 11.9. The molecule has 2 aromatic rings. The number of aromatic amines is 1. The van der Waals surface area contributed by atoms with E-state index in [4.69, 9.17) is 0 Å². The Morgan fingerprint density at radius 3 is 3.00 bits per heavy atom. The van der Waals surface area contributed by atoms with Gasteiger partial charge < -0.3 is 10.3 Å². The van der Waals surface area contributed by atoms with Gasteiger partial charge >= 0.3 is 0 Å². The van der Waals surface area contributed by atoms with Crippen LogP contribution in [0.3, 0.4) is 0 Å². The number of carbonyl (C=O) groups excluding carboxylic acids is 1. The summed E-state index contributed by atoms with van der Waals surface area (Å²) in [7, 11) is 0. The molecule has 0 aliphatic carbocycles. The SMILES string of the molecule is O=C(NC1CCSc2ccc(F)cc21)c1cc[nH]c(=O)c1. The van der Waals surface area contributed by atoms with Crippen LogP contribution >= 0.6 is 11.8 Å². The largest absolute Gasteiger partial charge is 0.345 e. The molecule has 1 aromatic carbocycles. The second-order valence-electron chi connectivity index (χ2n) is 4.79. The van der Waals surface area contributed by atoms with Gasteiger partial charge in [-0.25, -0.2) is 4.39 Å². The first-order chi connectivity index (χ1) is 10.1. The van der Waals surface area contributed by atoms with Crippen molar-refractivity contribution in [2.75, 3.05) is 5.75 Å². The number of hydrogen-bond donors (Lipinski definition) is 2. The average molecular weight is 304 g/mol. The number of pyridine rings is 1. The Hall–Kier alpha value is -2.08. The molecule has 2 N–H and O–H groups in total. The van der Waals surface area contributed by atoms with Gasteiger partial charge in [-0.05, 0) is 36.2 Å². The van der Waals surface area contributed by atoms with Crippen molar-refractivity contribution in [2.24, 2.45) is 0 Å². The Labute approximate surface area is 124 Å². The van der Waals surface area contributed by atoms with Crippen LogP contribution in [-0.4, -0.2) is 16.6 Å². The highest BCUT2D eigenvalue weighted by Gasteiger charge is 2.23. The van der Waals surface area contributed by atoms with E-state index in [9.17, 15) is 14.0 Å². The van der Waals surface area contributed by atoms with Crippen LogP contribution in [0.1, 0.15) is 28.4 Å². The van der Waals surface area contributed by atoms with E-state index in [1.807, 2.05) is 0 Å². The van der Waals surface area contributed by atoms with Crippen molar-refractivity contribution in [1.29, 1.82) is 0 Å². The first-order valence-corrected chi connectivity index (χ1v) is 7.54. The quantitative estimate of drug-likeness (QED) is 0.896. The summed E-state index contributed by atoms with van der Waals surface area (Å²) in [6.07, 6.45) is 2.16. The van der Waals surface area contributed by atoms with E-state index < -0.39 is 0 Å². The van der Waals surface area contributed by atoms with Crippen LogP contribution in [0.2, 0.25) is 0 Å². The lowest BCUT2D eigenvalue weighted by atomic mass is 10.0. The van der Waals surface area contributed by atoms with Gasteiger partial charge in [0.05, 0.1) is 6.04 Å². The first-order valence-electron chi connectivity index (χ1n) is 6.55. The van der Waals surface area contributed by atoms with Crippen LogP contribution in [0, 0.1) is 5.82 Å². The van der Waals surface area contributed by atoms with E-state index in [-0.39, 0.29) is 23.3 Å². The van der Waals surface area contributed by atoms with Gasteiger partial charge in [0.25, 0.3) is 5.91 Å². The fraction of sp³-hybridized carbons (Fsp3) is 0.200. The number of amides is 1. The Bertz CT molecular complexity index is 744. The van der Waals surface area contributed by atoms with Crippen LogP contribution in [-0.2, 0) is 0 Å². The standard InChI is InChI=1S/C15H13FN2O2S/c16-10-1-2-13-11(8-10)12(4-6-21-13)18-15(20)9-3-5-17-14(19)7-9/h1-3,5,7-8,12H,4,6H2,(H,17,19)(H,18,20). The molecule has 0 spiro atoms. The van der Waals surface area contributed by atoms with Crippen molar-refractivity contribution in [1.82, 2.24) is 10.3 Å². The number of H-pyrrole nitrogens is 1. The van der Waals surface area contributed by atoms with Crippen LogP contribution in [0.4, 0.5) is 4.39 Å². The normalized spacial score (nSPS) is 17.1. The van der Waals surface area contributed by atoms with E-state index in [1.54, 1.807) is 23.9 Å². The zero-order chi connectivity index (χ0) is 14.8. The average Bonchev–Trinajstić information content (AvgIpc) is 2.48. The molecule has 0 saturated carbocycles. The monoisotopic (exact) mass is 304 g/mol. The summed E-state index contributed by atoms with van der Waals surface area (Å²) in [6, 6.07) is 7.18. The molecule has 21 heavy (non-hydrogen) atoms. The van der Waals surface area contributed by atoms with Crippen LogP contribution in [0.5, 0.6) is 0 Å². The third-order valence-electron chi connectivity index (χ3n) is 3.35. The van der Waals surface area contributed by atoms with Crippen molar-refractivity contribution < 1.29 is 9.18 Å². The number of thioether (sulfide) groups is 1. The number of hydrogen-bond acceptors (Lipinski definition) is 3. The van der Waals surface area contributed by atoms with Gasteiger partial charge in [0.15, 0.2) is 0 Å². The lowest BCUT2D eigenvalue weighted by Crippen LogP contribution is -2.31. The molecule has 1 aromatic heterocycles. The predicted octanol–water partition coefficient (Wildman–Crippen LogP) is 2.48. The minimum absolute atomic E-state index is 0.233. The highest BCUT2D eigenvalue weighted by atomic mass is 32.2. The summed E-state index contributed by atoms with van der Waals surface area (Å²) in [5.74, 6) is 0.221. The second-order valence-corrected chi connectivity index (χ2v) is 5.92. The van der Waals surface area contributed by atoms with Gasteiger partial charge in [0.2, 0.25) is 5.56 Å². The summed E-state index contributed by atoms with van der Waals surface area (Å²) in [4.78, 5) is 26.9. The molecule has 6 heteroatoms. The molecule has 4 nitrogen and oxygen atoms in total. The smallest absolute Gasteiger partial charge is 0.252 e. The van der Waals surface area contributed by atoms with Crippen LogP contribution < -0.4 is 10.9 Å². The van der Waals surface area contributed by atoms with E-state index in [0.717, 1.165) is 22.6 Å². The summed E-state index contributed by atoms with van der Waals surface area (Å²) in [5.41, 5.74) is 0.771. The fourth-order valence-corrected chi connectivity index (χ4v) is 3.45. The van der Waals surface area contributed by atoms with Gasteiger partial charge in [0.1, 0.15) is 5.82 Å². The predicted molar refractivity (Wildman–Crippen MR) is 79.0 cm³/mol. The van der Waals surface area contributed by atoms with E-state index in [0.29, 0.717) is 5.56 Å².